The van der Waals surface area contributed by atoms with E-state index < -0.39 is 0 Å². The average Bonchev–Trinajstić information content (AvgIpc) is 2.97. The van der Waals surface area contributed by atoms with Crippen LogP contribution in [0.1, 0.15) is 31.2 Å². The molecule has 0 saturated carbocycles. The minimum absolute atomic E-state index is 0.0250. The van der Waals surface area contributed by atoms with Gasteiger partial charge in [-0.25, -0.2) is 0 Å². The van der Waals surface area contributed by atoms with Crippen molar-refractivity contribution in [1.82, 2.24) is 10.6 Å². The van der Waals surface area contributed by atoms with Gasteiger partial charge in [0.2, 0.25) is 5.91 Å². The molecule has 1 fully saturated rings. The third kappa shape index (κ3) is 3.74. The van der Waals surface area contributed by atoms with Crippen molar-refractivity contribution >= 4 is 17.3 Å². The summed E-state index contributed by atoms with van der Waals surface area (Å²) in [5, 5.41) is 6.29. The number of carbonyl (C=O) groups is 2. The smallest absolute Gasteiger partial charge is 0.224 e. The van der Waals surface area contributed by atoms with E-state index in [9.17, 15) is 9.59 Å². The number of amides is 1. The number of ketones is 1. The number of hydrogen-bond acceptors (Lipinski definition) is 4. The highest BCUT2D eigenvalue weighted by molar-refractivity contribution is 6.10. The lowest BCUT2D eigenvalue weighted by Crippen LogP contribution is -2.54. The van der Waals surface area contributed by atoms with Gasteiger partial charge in [0.1, 0.15) is 0 Å². The van der Waals surface area contributed by atoms with Crippen LogP contribution in [0.15, 0.2) is 35.9 Å². The lowest BCUT2D eigenvalue weighted by atomic mass is 9.99. The minimum atomic E-state index is -0.107. The van der Waals surface area contributed by atoms with Crippen LogP contribution in [0, 0.1) is 0 Å². The normalized spacial score (nSPS) is 24.3. The molecule has 1 heterocycles. The van der Waals surface area contributed by atoms with Gasteiger partial charge < -0.3 is 15.4 Å². The van der Waals surface area contributed by atoms with Crippen LogP contribution >= 0.6 is 0 Å². The Morgan fingerprint density at radius 3 is 2.83 bits per heavy atom. The van der Waals surface area contributed by atoms with Crippen molar-refractivity contribution in [3.63, 3.8) is 0 Å². The number of Topliss-reactive ketones (excluding diaryl/α,β-unsaturated/α-hetero) is 1. The van der Waals surface area contributed by atoms with Crippen molar-refractivity contribution in [3.05, 3.63) is 41.5 Å². The van der Waals surface area contributed by atoms with E-state index in [1.807, 2.05) is 30.3 Å². The van der Waals surface area contributed by atoms with Gasteiger partial charge in [-0.2, -0.15) is 0 Å². The Bertz CT molecular complexity index is 639. The number of methoxy groups -OCH3 is 1. The van der Waals surface area contributed by atoms with Crippen LogP contribution in [0.4, 0.5) is 0 Å². The maximum Gasteiger partial charge on any atom is 0.224 e. The van der Waals surface area contributed by atoms with Gasteiger partial charge in [0.25, 0.3) is 0 Å². The molecule has 1 aliphatic heterocycles. The van der Waals surface area contributed by atoms with Gasteiger partial charge in [-0.05, 0) is 30.5 Å². The van der Waals surface area contributed by atoms with Crippen molar-refractivity contribution in [3.8, 4) is 0 Å². The maximum absolute atomic E-state index is 12.5. The molecule has 1 aromatic carbocycles. The fraction of sp³-hybridized carbons (Fsp3) is 0.474. The van der Waals surface area contributed by atoms with E-state index in [2.05, 4.69) is 10.6 Å². The van der Waals surface area contributed by atoms with Crippen molar-refractivity contribution < 1.29 is 14.3 Å². The third-order valence-corrected chi connectivity index (χ3v) is 4.83. The Kier molecular flexibility index (Phi) is 5.43. The van der Waals surface area contributed by atoms with Crippen LogP contribution in [-0.4, -0.2) is 44.0 Å². The molecule has 3 rings (SSSR count). The predicted octanol–water partition coefficient (Wildman–Crippen LogP) is 1.69. The summed E-state index contributed by atoms with van der Waals surface area (Å²) in [5.74, 6) is -0.0153. The zero-order valence-corrected chi connectivity index (χ0v) is 14.0. The number of ether oxygens (including phenoxy) is 1. The molecule has 0 radical (unpaired) electrons. The molecule has 1 amide bonds. The molecule has 1 saturated heterocycles. The number of hydrogen-bond donors (Lipinski definition) is 2. The maximum atomic E-state index is 12.5. The summed E-state index contributed by atoms with van der Waals surface area (Å²) in [6.07, 6.45) is 2.27. The van der Waals surface area contributed by atoms with E-state index in [1.54, 1.807) is 7.11 Å². The molecule has 24 heavy (non-hydrogen) atoms. The lowest BCUT2D eigenvalue weighted by molar-refractivity contribution is -0.124. The highest BCUT2D eigenvalue weighted by atomic mass is 16.5. The summed E-state index contributed by atoms with van der Waals surface area (Å²) >= 11 is 0. The molecule has 5 nitrogen and oxygen atoms in total. The molecule has 0 unspecified atom stereocenters. The van der Waals surface area contributed by atoms with Gasteiger partial charge in [0.15, 0.2) is 5.78 Å². The third-order valence-electron chi connectivity index (χ3n) is 4.83. The van der Waals surface area contributed by atoms with Crippen molar-refractivity contribution in [2.24, 2.45) is 0 Å². The van der Waals surface area contributed by atoms with E-state index in [0.29, 0.717) is 18.5 Å². The molecular weight excluding hydrogens is 304 g/mol. The molecule has 2 aliphatic rings. The number of carbonyl (C=O) groups excluding carboxylic acids is 2. The molecule has 2 atom stereocenters. The molecule has 5 heteroatoms. The highest BCUT2D eigenvalue weighted by Crippen LogP contribution is 2.33. The zero-order chi connectivity index (χ0) is 16.9. The summed E-state index contributed by atoms with van der Waals surface area (Å²) in [5.41, 5.74) is 2.72. The van der Waals surface area contributed by atoms with Gasteiger partial charge in [-0.1, -0.05) is 30.3 Å². The molecule has 1 aliphatic carbocycles. The van der Waals surface area contributed by atoms with Crippen molar-refractivity contribution in [1.29, 1.82) is 0 Å². The summed E-state index contributed by atoms with van der Waals surface area (Å²) in [6, 6.07) is 9.82. The number of nitrogens with one attached hydrogen (secondary N) is 2. The summed E-state index contributed by atoms with van der Waals surface area (Å²) in [4.78, 5) is 24.7. The zero-order valence-electron chi connectivity index (χ0n) is 14.0. The van der Waals surface area contributed by atoms with E-state index in [4.69, 9.17) is 4.74 Å². The van der Waals surface area contributed by atoms with Crippen LogP contribution in [0.25, 0.3) is 5.57 Å². The molecule has 0 spiro atoms. The standard InChI is InChI=1S/C19H24N2O3/c1-24-18-9-10-20-12-16(18)21-19(23)11-15-14(7-8-17(15)22)13-5-3-2-4-6-13/h2-6,16,18,20H,7-12H2,1H3,(H,21,23)/t16-,18+/m0/s1. The fourth-order valence-electron chi connectivity index (χ4n) is 3.55. The van der Waals surface area contributed by atoms with Crippen LogP contribution in [0.3, 0.4) is 0 Å². The first-order valence-electron chi connectivity index (χ1n) is 8.52. The summed E-state index contributed by atoms with van der Waals surface area (Å²) in [7, 11) is 1.67. The van der Waals surface area contributed by atoms with Crippen LogP contribution in [0.2, 0.25) is 0 Å². The van der Waals surface area contributed by atoms with Gasteiger partial charge in [-0.15, -0.1) is 0 Å². The summed E-state index contributed by atoms with van der Waals surface area (Å²) < 4.78 is 5.45. The topological polar surface area (TPSA) is 67.4 Å². The first-order chi connectivity index (χ1) is 11.7. The molecule has 0 bridgehead atoms. The fourth-order valence-corrected chi connectivity index (χ4v) is 3.55. The monoisotopic (exact) mass is 328 g/mol. The van der Waals surface area contributed by atoms with Crippen LogP contribution in [0.5, 0.6) is 0 Å². The Balaban J connectivity index is 1.71. The summed E-state index contributed by atoms with van der Waals surface area (Å²) in [6.45, 7) is 1.59. The van der Waals surface area contributed by atoms with Crippen LogP contribution < -0.4 is 10.6 Å². The second-order valence-corrected chi connectivity index (χ2v) is 6.36. The molecule has 128 valence electrons. The second kappa shape index (κ2) is 7.73. The molecule has 0 aromatic heterocycles. The number of benzene rings is 1. The quantitative estimate of drug-likeness (QED) is 0.863. The Hall–Kier alpha value is -1.98. The lowest BCUT2D eigenvalue weighted by Gasteiger charge is -2.31. The SMILES string of the molecule is CO[C@@H]1CCNC[C@@H]1NC(=O)CC1=C(c2ccccc2)CCC1=O. The molecule has 1 aromatic rings. The van der Waals surface area contributed by atoms with Crippen molar-refractivity contribution in [2.45, 2.75) is 37.8 Å². The predicted molar refractivity (Wildman–Crippen MR) is 92.4 cm³/mol. The van der Waals surface area contributed by atoms with E-state index in [-0.39, 0.29) is 30.3 Å². The Morgan fingerprint density at radius 2 is 2.08 bits per heavy atom. The number of allylic oxidation sites excluding steroid dienone is 1. The van der Waals surface area contributed by atoms with E-state index in [1.165, 1.54) is 0 Å². The first kappa shape index (κ1) is 16.9. The second-order valence-electron chi connectivity index (χ2n) is 6.36. The average molecular weight is 328 g/mol. The van der Waals surface area contributed by atoms with Gasteiger partial charge in [0.05, 0.1) is 18.6 Å². The van der Waals surface area contributed by atoms with Gasteiger partial charge >= 0.3 is 0 Å². The number of rotatable bonds is 5. The largest absolute Gasteiger partial charge is 0.379 e. The highest BCUT2D eigenvalue weighted by Gasteiger charge is 2.29. The number of piperidine rings is 1. The molecule has 2 N–H and O–H groups in total. The van der Waals surface area contributed by atoms with E-state index in [0.717, 1.165) is 30.5 Å². The van der Waals surface area contributed by atoms with E-state index >= 15 is 0 Å². The Morgan fingerprint density at radius 1 is 1.29 bits per heavy atom. The molecular formula is C19H24N2O3. The first-order valence-corrected chi connectivity index (χ1v) is 8.52. The minimum Gasteiger partial charge on any atom is -0.379 e. The van der Waals surface area contributed by atoms with Gasteiger partial charge in [0, 0.05) is 25.6 Å². The van der Waals surface area contributed by atoms with Crippen LogP contribution in [-0.2, 0) is 14.3 Å². The van der Waals surface area contributed by atoms with Crippen molar-refractivity contribution in [2.75, 3.05) is 20.2 Å². The van der Waals surface area contributed by atoms with Gasteiger partial charge in [-0.3, -0.25) is 9.59 Å². The Labute approximate surface area is 142 Å².